The van der Waals surface area contributed by atoms with Crippen LogP contribution in [0.4, 0.5) is 5.00 Å². The van der Waals surface area contributed by atoms with Gasteiger partial charge in [0.05, 0.1) is 17.6 Å². The van der Waals surface area contributed by atoms with E-state index in [4.69, 9.17) is 9.73 Å². The summed E-state index contributed by atoms with van der Waals surface area (Å²) < 4.78 is 6.16. The van der Waals surface area contributed by atoms with Crippen molar-refractivity contribution in [2.45, 2.75) is 57.7 Å². The Bertz CT molecular complexity index is 780. The number of nitrogens with zero attached hydrogens (tertiary/aromatic N) is 2. The molecule has 1 saturated heterocycles. The molecular weight excluding hydrogens is 380 g/mol. The number of benzene rings is 1. The number of piperidine rings is 1. The number of guanidine groups is 1. The number of rotatable bonds is 7. The summed E-state index contributed by atoms with van der Waals surface area (Å²) in [5.74, 6) is 1.89. The zero-order chi connectivity index (χ0) is 19.9. The lowest BCUT2D eigenvalue weighted by Gasteiger charge is -2.33. The lowest BCUT2D eigenvalue weighted by Crippen LogP contribution is -2.48. The first kappa shape index (κ1) is 20.1. The summed E-state index contributed by atoms with van der Waals surface area (Å²) >= 11 is 1.83. The van der Waals surface area contributed by atoms with Crippen LogP contribution in [-0.4, -0.2) is 37.7 Å². The lowest BCUT2D eigenvalue weighted by atomic mass is 9.96. The second-order valence-electron chi connectivity index (χ2n) is 7.83. The molecule has 2 heterocycles. The van der Waals surface area contributed by atoms with Gasteiger partial charge >= 0.3 is 0 Å². The van der Waals surface area contributed by atoms with Gasteiger partial charge in [-0.25, -0.2) is 4.99 Å². The van der Waals surface area contributed by atoms with Crippen LogP contribution < -0.4 is 20.3 Å². The Morgan fingerprint density at radius 3 is 2.66 bits per heavy atom. The van der Waals surface area contributed by atoms with Crippen molar-refractivity contribution in [2.24, 2.45) is 4.99 Å². The van der Waals surface area contributed by atoms with Gasteiger partial charge in [0, 0.05) is 31.2 Å². The van der Waals surface area contributed by atoms with Gasteiger partial charge in [0.15, 0.2) is 5.96 Å². The predicted octanol–water partition coefficient (Wildman–Crippen LogP) is 4.40. The third-order valence-corrected chi connectivity index (χ3v) is 6.65. The summed E-state index contributed by atoms with van der Waals surface area (Å²) in [6.45, 7) is 5.79. The third-order valence-electron chi connectivity index (χ3n) is 5.72. The number of thiophene rings is 1. The van der Waals surface area contributed by atoms with Crippen LogP contribution in [0.15, 0.2) is 46.8 Å². The number of hydrogen-bond donors (Lipinski definition) is 2. The molecule has 29 heavy (non-hydrogen) atoms. The maximum absolute atomic E-state index is 6.16. The van der Waals surface area contributed by atoms with Crippen molar-refractivity contribution >= 4 is 22.3 Å². The normalized spacial score (nSPS) is 18.4. The maximum Gasteiger partial charge on any atom is 0.191 e. The molecule has 6 heteroatoms. The molecule has 0 unspecified atom stereocenters. The molecule has 1 aliphatic carbocycles. The molecule has 5 nitrogen and oxygen atoms in total. The molecule has 2 N–H and O–H groups in total. The first-order valence-corrected chi connectivity index (χ1v) is 11.8. The van der Waals surface area contributed by atoms with Gasteiger partial charge in [-0.15, -0.1) is 11.3 Å². The summed E-state index contributed by atoms with van der Waals surface area (Å²) in [6.07, 6.45) is 6.27. The molecule has 1 saturated carbocycles. The van der Waals surface area contributed by atoms with Crippen LogP contribution in [0.25, 0.3) is 0 Å². The number of hydrogen-bond acceptors (Lipinski definition) is 4. The monoisotopic (exact) mass is 412 g/mol. The number of nitrogens with one attached hydrogen (secondary N) is 2. The average Bonchev–Trinajstić information content (AvgIpc) is 3.25. The van der Waals surface area contributed by atoms with Gasteiger partial charge in [-0.3, -0.25) is 0 Å². The zero-order valence-electron chi connectivity index (χ0n) is 17.3. The molecule has 2 aromatic rings. The van der Waals surface area contributed by atoms with Gasteiger partial charge in [0.1, 0.15) is 5.75 Å². The topological polar surface area (TPSA) is 48.9 Å². The zero-order valence-corrected chi connectivity index (χ0v) is 18.1. The van der Waals surface area contributed by atoms with Gasteiger partial charge < -0.3 is 20.3 Å². The van der Waals surface area contributed by atoms with Crippen molar-refractivity contribution in [1.29, 1.82) is 0 Å². The summed E-state index contributed by atoms with van der Waals surface area (Å²) in [6, 6.07) is 13.1. The average molecular weight is 413 g/mol. The van der Waals surface area contributed by atoms with Crippen LogP contribution in [0.5, 0.6) is 5.75 Å². The van der Waals surface area contributed by atoms with Crippen molar-refractivity contribution in [3.63, 3.8) is 0 Å². The molecule has 4 rings (SSSR count). The molecule has 2 aliphatic rings. The van der Waals surface area contributed by atoms with Crippen LogP contribution in [-0.2, 0) is 6.54 Å². The van der Waals surface area contributed by atoms with E-state index in [2.05, 4.69) is 58.2 Å². The van der Waals surface area contributed by atoms with Crippen molar-refractivity contribution in [3.05, 3.63) is 47.3 Å². The smallest absolute Gasteiger partial charge is 0.191 e. The van der Waals surface area contributed by atoms with E-state index in [1.165, 1.54) is 24.3 Å². The SMILES string of the molecule is CCNC(=NCc1ccccc1OC1CCC1)NC1CCN(c2cccs2)CC1. The Balaban J connectivity index is 1.33. The Labute approximate surface area is 178 Å². The quantitative estimate of drug-likeness (QED) is 0.523. The minimum Gasteiger partial charge on any atom is -0.490 e. The minimum atomic E-state index is 0.389. The Kier molecular flexibility index (Phi) is 6.93. The van der Waals surface area contributed by atoms with Crippen molar-refractivity contribution in [3.8, 4) is 5.75 Å². The predicted molar refractivity (Wildman–Crippen MR) is 122 cm³/mol. The van der Waals surface area contributed by atoms with Gasteiger partial charge in [-0.1, -0.05) is 18.2 Å². The van der Waals surface area contributed by atoms with E-state index in [1.807, 2.05) is 17.4 Å². The first-order valence-electron chi connectivity index (χ1n) is 10.9. The largest absolute Gasteiger partial charge is 0.490 e. The van der Waals surface area contributed by atoms with E-state index in [-0.39, 0.29) is 0 Å². The molecule has 156 valence electrons. The van der Waals surface area contributed by atoms with E-state index in [9.17, 15) is 0 Å². The standard InChI is InChI=1S/C23H32N4OS/c1-2-24-23(26-19-12-14-27(15-13-19)22-11-6-16-29-22)25-17-18-7-3-4-10-21(18)28-20-8-5-9-20/h3-4,6-7,10-11,16,19-20H,2,5,8-9,12-15,17H2,1H3,(H2,24,25,26). The maximum atomic E-state index is 6.16. The lowest BCUT2D eigenvalue weighted by molar-refractivity contribution is 0.119. The molecule has 2 fully saturated rings. The van der Waals surface area contributed by atoms with Crippen LogP contribution in [0.2, 0.25) is 0 Å². The second-order valence-corrected chi connectivity index (χ2v) is 8.76. The van der Waals surface area contributed by atoms with Crippen LogP contribution in [0.3, 0.4) is 0 Å². The van der Waals surface area contributed by atoms with E-state index < -0.39 is 0 Å². The summed E-state index contributed by atoms with van der Waals surface area (Å²) in [4.78, 5) is 7.35. The number of anilines is 1. The number of ether oxygens (including phenoxy) is 1. The Hall–Kier alpha value is -2.21. The molecule has 1 aromatic carbocycles. The van der Waals surface area contributed by atoms with Gasteiger partial charge in [-0.05, 0) is 62.6 Å². The van der Waals surface area contributed by atoms with E-state index in [0.29, 0.717) is 18.7 Å². The molecule has 0 bridgehead atoms. The molecule has 1 aromatic heterocycles. The number of aliphatic imine (C=N–C) groups is 1. The second kappa shape index (κ2) is 10.0. The Morgan fingerprint density at radius 1 is 1.14 bits per heavy atom. The van der Waals surface area contributed by atoms with E-state index >= 15 is 0 Å². The summed E-state index contributed by atoms with van der Waals surface area (Å²) in [7, 11) is 0. The molecular formula is C23H32N4OS. The molecule has 1 aliphatic heterocycles. The molecule has 0 spiro atoms. The minimum absolute atomic E-state index is 0.389. The van der Waals surface area contributed by atoms with Crippen LogP contribution in [0, 0.1) is 0 Å². The Morgan fingerprint density at radius 2 is 1.97 bits per heavy atom. The highest BCUT2D eigenvalue weighted by Crippen LogP contribution is 2.28. The van der Waals surface area contributed by atoms with E-state index in [0.717, 1.165) is 49.7 Å². The van der Waals surface area contributed by atoms with Gasteiger partial charge in [0.25, 0.3) is 0 Å². The fourth-order valence-electron chi connectivity index (χ4n) is 3.79. The molecule has 0 amide bonds. The fourth-order valence-corrected chi connectivity index (χ4v) is 4.57. The van der Waals surface area contributed by atoms with Crippen molar-refractivity contribution < 1.29 is 4.74 Å². The van der Waals surface area contributed by atoms with Gasteiger partial charge in [-0.2, -0.15) is 0 Å². The third kappa shape index (κ3) is 5.44. The van der Waals surface area contributed by atoms with Gasteiger partial charge in [0.2, 0.25) is 0 Å². The van der Waals surface area contributed by atoms with Crippen molar-refractivity contribution in [1.82, 2.24) is 10.6 Å². The highest BCUT2D eigenvalue weighted by molar-refractivity contribution is 7.14. The van der Waals surface area contributed by atoms with Crippen molar-refractivity contribution in [2.75, 3.05) is 24.5 Å². The highest BCUT2D eigenvalue weighted by atomic mass is 32.1. The first-order chi connectivity index (χ1) is 14.3. The summed E-state index contributed by atoms with van der Waals surface area (Å²) in [5.41, 5.74) is 1.16. The molecule has 0 radical (unpaired) electrons. The number of para-hydroxylation sites is 1. The summed E-state index contributed by atoms with van der Waals surface area (Å²) in [5, 5.41) is 10.6. The van der Waals surface area contributed by atoms with Crippen LogP contribution >= 0.6 is 11.3 Å². The van der Waals surface area contributed by atoms with E-state index in [1.54, 1.807) is 0 Å². The molecule has 0 atom stereocenters. The highest BCUT2D eigenvalue weighted by Gasteiger charge is 2.21. The fraction of sp³-hybridized carbons (Fsp3) is 0.522. The van der Waals surface area contributed by atoms with Crippen LogP contribution in [0.1, 0.15) is 44.6 Å².